The number of rotatable bonds is 6. The summed E-state index contributed by atoms with van der Waals surface area (Å²) in [6.45, 7) is 0.159. The lowest BCUT2D eigenvalue weighted by Gasteiger charge is -2.09. The first-order chi connectivity index (χ1) is 11.7. The molecule has 2 aromatic carbocycles. The highest BCUT2D eigenvalue weighted by atomic mass is 79.9. The third-order valence-corrected chi connectivity index (χ3v) is 3.69. The molecule has 0 atom stereocenters. The van der Waals surface area contributed by atoms with E-state index < -0.39 is 0 Å². The van der Waals surface area contributed by atoms with Gasteiger partial charge in [-0.2, -0.15) is 5.10 Å². The zero-order valence-electron chi connectivity index (χ0n) is 13.0. The van der Waals surface area contributed by atoms with Crippen LogP contribution in [0.4, 0.5) is 0 Å². The summed E-state index contributed by atoms with van der Waals surface area (Å²) in [7, 11) is 1.54. The smallest absolute Gasteiger partial charge is 0.272 e. The fourth-order valence-corrected chi connectivity index (χ4v) is 2.34. The lowest BCUT2D eigenvalue weighted by Crippen LogP contribution is -2.18. The maximum Gasteiger partial charge on any atom is 0.272 e. The van der Waals surface area contributed by atoms with Crippen LogP contribution in [0, 0.1) is 12.3 Å². The zero-order chi connectivity index (χ0) is 17.4. The summed E-state index contributed by atoms with van der Waals surface area (Å²) in [5, 5.41) is 3.95. The number of amides is 1. The van der Waals surface area contributed by atoms with Gasteiger partial charge in [-0.1, -0.05) is 18.1 Å². The summed E-state index contributed by atoms with van der Waals surface area (Å²) < 4.78 is 11.3. The van der Waals surface area contributed by atoms with Crippen LogP contribution in [0.25, 0.3) is 0 Å². The molecule has 0 spiro atoms. The van der Waals surface area contributed by atoms with E-state index in [1.165, 1.54) is 13.3 Å². The highest BCUT2D eigenvalue weighted by molar-refractivity contribution is 9.10. The van der Waals surface area contributed by atoms with Gasteiger partial charge in [0.1, 0.15) is 6.61 Å². The molecule has 122 valence electrons. The number of carbonyl (C=O) groups excluding carboxylic acids is 1. The molecular weight excluding hydrogens is 372 g/mol. The summed E-state index contributed by atoms with van der Waals surface area (Å²) in [5.41, 5.74) is 3.72. The van der Waals surface area contributed by atoms with E-state index in [-0.39, 0.29) is 12.5 Å². The largest absolute Gasteiger partial charge is 0.493 e. The Bertz CT molecular complexity index is 797. The van der Waals surface area contributed by atoms with Crippen LogP contribution in [0.5, 0.6) is 11.5 Å². The lowest BCUT2D eigenvalue weighted by molar-refractivity contribution is 0.0954. The molecular formula is C18H15BrN2O3. The minimum Gasteiger partial charge on any atom is -0.493 e. The van der Waals surface area contributed by atoms with Crippen molar-refractivity contribution in [3.63, 3.8) is 0 Å². The van der Waals surface area contributed by atoms with Gasteiger partial charge < -0.3 is 9.47 Å². The number of hydrazone groups is 1. The van der Waals surface area contributed by atoms with E-state index in [4.69, 9.17) is 15.9 Å². The molecule has 0 bridgehead atoms. The molecule has 2 rings (SSSR count). The Balaban J connectivity index is 2.05. The highest BCUT2D eigenvalue weighted by Crippen LogP contribution is 2.27. The van der Waals surface area contributed by atoms with E-state index in [0.29, 0.717) is 21.5 Å². The van der Waals surface area contributed by atoms with Crippen LogP contribution in [-0.4, -0.2) is 25.8 Å². The SMILES string of the molecule is C#CCOc1ccc(/C=N\NC(=O)c2ccccc2Br)cc1OC. The van der Waals surface area contributed by atoms with E-state index in [2.05, 4.69) is 32.4 Å². The van der Waals surface area contributed by atoms with E-state index in [9.17, 15) is 4.79 Å². The maximum absolute atomic E-state index is 12.0. The summed E-state index contributed by atoms with van der Waals surface area (Å²) in [5.74, 6) is 3.17. The molecule has 0 radical (unpaired) electrons. The Morgan fingerprint density at radius 2 is 2.12 bits per heavy atom. The maximum atomic E-state index is 12.0. The second kappa shape index (κ2) is 8.75. The van der Waals surface area contributed by atoms with E-state index in [1.807, 2.05) is 6.07 Å². The molecule has 0 saturated heterocycles. The number of nitrogens with one attached hydrogen (secondary N) is 1. The van der Waals surface area contributed by atoms with E-state index in [1.54, 1.807) is 36.4 Å². The Labute approximate surface area is 148 Å². The van der Waals surface area contributed by atoms with Crippen molar-refractivity contribution in [2.24, 2.45) is 5.10 Å². The molecule has 1 N–H and O–H groups in total. The molecule has 6 heteroatoms. The van der Waals surface area contributed by atoms with Crippen molar-refractivity contribution in [1.82, 2.24) is 5.43 Å². The first-order valence-electron chi connectivity index (χ1n) is 6.98. The topological polar surface area (TPSA) is 59.9 Å². The van der Waals surface area contributed by atoms with Gasteiger partial charge in [0.2, 0.25) is 0 Å². The van der Waals surface area contributed by atoms with Gasteiger partial charge in [-0.3, -0.25) is 4.79 Å². The number of carbonyl (C=O) groups is 1. The molecule has 0 aliphatic heterocycles. The minimum absolute atomic E-state index is 0.159. The Morgan fingerprint density at radius 1 is 1.33 bits per heavy atom. The molecule has 1 amide bonds. The molecule has 0 saturated carbocycles. The number of benzene rings is 2. The molecule has 0 fully saturated rings. The molecule has 0 heterocycles. The standard InChI is InChI=1S/C18H15BrN2O3/c1-3-10-24-16-9-8-13(11-17(16)23-2)12-20-21-18(22)14-6-4-5-7-15(14)19/h1,4-9,11-12H,10H2,2H3,(H,21,22)/b20-12-. The number of methoxy groups -OCH3 is 1. The fraction of sp³-hybridized carbons (Fsp3) is 0.111. The third kappa shape index (κ3) is 4.61. The van der Waals surface area contributed by atoms with Crippen LogP contribution in [0.3, 0.4) is 0 Å². The van der Waals surface area contributed by atoms with Gasteiger partial charge in [0.05, 0.1) is 18.9 Å². The Morgan fingerprint density at radius 3 is 2.83 bits per heavy atom. The molecule has 5 nitrogen and oxygen atoms in total. The normalized spacial score (nSPS) is 10.2. The number of hydrogen-bond donors (Lipinski definition) is 1. The highest BCUT2D eigenvalue weighted by Gasteiger charge is 2.08. The molecule has 0 unspecified atom stereocenters. The second-order valence-corrected chi connectivity index (χ2v) is 5.44. The van der Waals surface area contributed by atoms with Gasteiger partial charge in [-0.15, -0.1) is 6.42 Å². The van der Waals surface area contributed by atoms with Crippen molar-refractivity contribution in [3.05, 3.63) is 58.1 Å². The van der Waals surface area contributed by atoms with Crippen LogP contribution in [-0.2, 0) is 0 Å². The Hall–Kier alpha value is -2.78. The number of terminal acetylenes is 1. The predicted molar refractivity (Wildman–Crippen MR) is 96.5 cm³/mol. The summed E-state index contributed by atoms with van der Waals surface area (Å²) in [6, 6.07) is 12.4. The van der Waals surface area contributed by atoms with Crippen LogP contribution in [0.2, 0.25) is 0 Å². The number of hydrogen-bond acceptors (Lipinski definition) is 4. The number of nitrogens with zero attached hydrogens (tertiary/aromatic N) is 1. The van der Waals surface area contributed by atoms with Crippen molar-refractivity contribution in [3.8, 4) is 23.8 Å². The van der Waals surface area contributed by atoms with Crippen LogP contribution in [0.15, 0.2) is 52.0 Å². The Kier molecular flexibility index (Phi) is 6.41. The molecule has 0 aliphatic carbocycles. The van der Waals surface area contributed by atoms with Crippen LogP contribution in [0.1, 0.15) is 15.9 Å². The van der Waals surface area contributed by atoms with Gasteiger partial charge in [0.25, 0.3) is 5.91 Å². The van der Waals surface area contributed by atoms with Crippen molar-refractivity contribution >= 4 is 28.1 Å². The first kappa shape index (κ1) is 17.6. The van der Waals surface area contributed by atoms with Gasteiger partial charge >= 0.3 is 0 Å². The van der Waals surface area contributed by atoms with Crippen molar-refractivity contribution in [2.45, 2.75) is 0 Å². The monoisotopic (exact) mass is 386 g/mol. The molecule has 2 aromatic rings. The van der Waals surface area contributed by atoms with E-state index in [0.717, 1.165) is 5.56 Å². The van der Waals surface area contributed by atoms with Crippen LogP contribution < -0.4 is 14.9 Å². The molecule has 0 aromatic heterocycles. The zero-order valence-corrected chi connectivity index (χ0v) is 14.5. The van der Waals surface area contributed by atoms with Crippen molar-refractivity contribution in [1.29, 1.82) is 0 Å². The van der Waals surface area contributed by atoms with E-state index >= 15 is 0 Å². The predicted octanol–water partition coefficient (Wildman–Crippen LogP) is 3.23. The summed E-state index contributed by atoms with van der Waals surface area (Å²) in [6.07, 6.45) is 6.69. The second-order valence-electron chi connectivity index (χ2n) is 4.58. The quantitative estimate of drug-likeness (QED) is 0.470. The lowest BCUT2D eigenvalue weighted by atomic mass is 10.2. The third-order valence-electron chi connectivity index (χ3n) is 3.00. The van der Waals surface area contributed by atoms with Crippen molar-refractivity contribution < 1.29 is 14.3 Å². The number of ether oxygens (including phenoxy) is 2. The first-order valence-corrected chi connectivity index (χ1v) is 7.77. The van der Waals surface area contributed by atoms with Crippen LogP contribution >= 0.6 is 15.9 Å². The number of halogens is 1. The molecule has 0 aliphatic rings. The average Bonchev–Trinajstić information content (AvgIpc) is 2.60. The minimum atomic E-state index is -0.306. The molecule has 24 heavy (non-hydrogen) atoms. The van der Waals surface area contributed by atoms with Crippen molar-refractivity contribution in [2.75, 3.05) is 13.7 Å². The summed E-state index contributed by atoms with van der Waals surface area (Å²) >= 11 is 3.32. The van der Waals surface area contributed by atoms with Gasteiger partial charge in [-0.25, -0.2) is 5.43 Å². The average molecular weight is 387 g/mol. The summed E-state index contributed by atoms with van der Waals surface area (Å²) in [4.78, 5) is 12.0. The van der Waals surface area contributed by atoms with Gasteiger partial charge in [0.15, 0.2) is 11.5 Å². The van der Waals surface area contributed by atoms with Gasteiger partial charge in [0, 0.05) is 4.47 Å². The fourth-order valence-electron chi connectivity index (χ4n) is 1.87. The van der Waals surface area contributed by atoms with Gasteiger partial charge in [-0.05, 0) is 51.8 Å².